The van der Waals surface area contributed by atoms with Crippen LogP contribution in [0.25, 0.3) is 0 Å². The molecule has 0 aromatic heterocycles. The fourth-order valence-corrected chi connectivity index (χ4v) is 4.81. The zero-order valence-corrected chi connectivity index (χ0v) is 19.0. The van der Waals surface area contributed by atoms with Crippen LogP contribution in [0.1, 0.15) is 45.5 Å². The van der Waals surface area contributed by atoms with Crippen LogP contribution in [-0.2, 0) is 31.3 Å². The van der Waals surface area contributed by atoms with Crippen molar-refractivity contribution in [1.82, 2.24) is 10.4 Å². The van der Waals surface area contributed by atoms with Crippen molar-refractivity contribution in [2.75, 3.05) is 0 Å². The van der Waals surface area contributed by atoms with E-state index < -0.39 is 29.5 Å². The van der Waals surface area contributed by atoms with Crippen LogP contribution in [0.3, 0.4) is 0 Å². The number of nitrogens with zero attached hydrogens (tertiary/aromatic N) is 1. The predicted octanol–water partition coefficient (Wildman–Crippen LogP) is 2.96. The summed E-state index contributed by atoms with van der Waals surface area (Å²) in [6, 6.07) is 13.9. The molecule has 3 heterocycles. The van der Waals surface area contributed by atoms with Crippen LogP contribution in [0, 0.1) is 0 Å². The van der Waals surface area contributed by atoms with Crippen molar-refractivity contribution in [3.63, 3.8) is 0 Å². The number of hydrogen-bond acceptors (Lipinski definition) is 9. The van der Waals surface area contributed by atoms with E-state index in [1.165, 1.54) is 24.3 Å². The van der Waals surface area contributed by atoms with Gasteiger partial charge in [-0.1, -0.05) is 12.1 Å². The SMILES string of the molecule is O=C(NCc1ccc2c(c1)C(=O)OC21c2ccc(O)cc2Oc2cc(O)ccc21)ON1C(=O)CCC1=O. The summed E-state index contributed by atoms with van der Waals surface area (Å²) >= 11 is 0. The number of amides is 3. The summed E-state index contributed by atoms with van der Waals surface area (Å²) in [5.41, 5.74) is 0.886. The number of carbonyl (C=O) groups excluding carboxylic acids is 4. The molecule has 0 unspecified atom stereocenters. The lowest BCUT2D eigenvalue weighted by atomic mass is 9.77. The third-order valence-electron chi connectivity index (χ3n) is 6.45. The van der Waals surface area contributed by atoms with Gasteiger partial charge in [-0.2, -0.15) is 0 Å². The number of esters is 1. The van der Waals surface area contributed by atoms with E-state index in [0.29, 0.717) is 27.3 Å². The monoisotopic (exact) mass is 502 g/mol. The maximum absolute atomic E-state index is 13.1. The number of carbonyl (C=O) groups is 4. The molecule has 0 aliphatic carbocycles. The van der Waals surface area contributed by atoms with Gasteiger partial charge in [-0.3, -0.25) is 9.59 Å². The molecule has 3 N–H and O–H groups in total. The number of nitrogens with one attached hydrogen (secondary N) is 1. The van der Waals surface area contributed by atoms with E-state index in [4.69, 9.17) is 14.3 Å². The largest absolute Gasteiger partial charge is 0.508 e. The molecule has 3 aromatic rings. The normalized spacial score (nSPS) is 16.5. The third kappa shape index (κ3) is 3.43. The zero-order valence-electron chi connectivity index (χ0n) is 19.0. The van der Waals surface area contributed by atoms with Gasteiger partial charge in [-0.25, -0.2) is 9.59 Å². The van der Waals surface area contributed by atoms with Crippen LogP contribution in [0.5, 0.6) is 23.0 Å². The highest BCUT2D eigenvalue weighted by atomic mass is 16.7. The number of ether oxygens (including phenoxy) is 2. The first-order chi connectivity index (χ1) is 17.8. The van der Waals surface area contributed by atoms with Crippen LogP contribution in [0.15, 0.2) is 54.6 Å². The molecule has 0 saturated carbocycles. The minimum Gasteiger partial charge on any atom is -0.508 e. The van der Waals surface area contributed by atoms with Crippen molar-refractivity contribution in [2.45, 2.75) is 25.0 Å². The number of imide groups is 1. The standard InChI is InChI=1S/C26H18N2O9/c29-14-2-5-18-20(10-14)35-21-11-15(30)3-6-19(21)26(18)17-4-1-13(9-16(17)24(33)36-26)12-27-25(34)37-28-22(31)7-8-23(28)32/h1-6,9-11,29-30H,7-8,12H2,(H,27,34). The maximum Gasteiger partial charge on any atom is 0.432 e. The van der Waals surface area contributed by atoms with Crippen molar-refractivity contribution in [3.05, 3.63) is 82.4 Å². The van der Waals surface area contributed by atoms with Gasteiger partial charge in [0.25, 0.3) is 11.8 Å². The molecule has 3 aliphatic rings. The van der Waals surface area contributed by atoms with Crippen molar-refractivity contribution < 1.29 is 43.7 Å². The Hall–Kier alpha value is -5.06. The van der Waals surface area contributed by atoms with Crippen molar-refractivity contribution in [3.8, 4) is 23.0 Å². The highest BCUT2D eigenvalue weighted by Gasteiger charge is 2.53. The predicted molar refractivity (Wildman–Crippen MR) is 122 cm³/mol. The Morgan fingerprint density at radius 3 is 2.11 bits per heavy atom. The van der Waals surface area contributed by atoms with E-state index in [1.807, 2.05) is 0 Å². The number of phenolic OH excluding ortho intramolecular Hbond substituents is 2. The molecule has 0 atom stereocenters. The number of phenols is 2. The fourth-order valence-electron chi connectivity index (χ4n) is 4.81. The van der Waals surface area contributed by atoms with Crippen LogP contribution < -0.4 is 10.1 Å². The average molecular weight is 502 g/mol. The van der Waals surface area contributed by atoms with E-state index in [0.717, 1.165) is 0 Å². The first-order valence-electron chi connectivity index (χ1n) is 11.3. The van der Waals surface area contributed by atoms with Gasteiger partial charge in [-0.15, -0.1) is 5.06 Å². The fraction of sp³-hybridized carbons (Fsp3) is 0.154. The van der Waals surface area contributed by atoms with E-state index in [-0.39, 0.29) is 47.9 Å². The van der Waals surface area contributed by atoms with Crippen LogP contribution in [0.2, 0.25) is 0 Å². The summed E-state index contributed by atoms with van der Waals surface area (Å²) in [7, 11) is 0. The lowest BCUT2D eigenvalue weighted by Crippen LogP contribution is -2.36. The third-order valence-corrected chi connectivity index (χ3v) is 6.45. The smallest absolute Gasteiger partial charge is 0.432 e. The van der Waals surface area contributed by atoms with E-state index in [1.54, 1.807) is 30.3 Å². The van der Waals surface area contributed by atoms with Gasteiger partial charge in [-0.05, 0) is 35.9 Å². The van der Waals surface area contributed by atoms with E-state index in [9.17, 15) is 29.4 Å². The summed E-state index contributed by atoms with van der Waals surface area (Å²) in [6.45, 7) is -0.0549. The van der Waals surface area contributed by atoms with Gasteiger partial charge >= 0.3 is 12.1 Å². The quantitative estimate of drug-likeness (QED) is 0.363. The molecule has 11 nitrogen and oxygen atoms in total. The Morgan fingerprint density at radius 2 is 1.49 bits per heavy atom. The second kappa shape index (κ2) is 7.98. The lowest BCUT2D eigenvalue weighted by molar-refractivity contribution is -0.171. The van der Waals surface area contributed by atoms with Gasteiger partial charge in [0, 0.05) is 48.2 Å². The molecular formula is C26H18N2O9. The second-order valence-corrected chi connectivity index (χ2v) is 8.73. The zero-order chi connectivity index (χ0) is 25.9. The molecule has 1 spiro atoms. The van der Waals surface area contributed by atoms with E-state index in [2.05, 4.69) is 5.32 Å². The Kier molecular flexibility index (Phi) is 4.83. The number of hydroxylamine groups is 2. The van der Waals surface area contributed by atoms with Crippen molar-refractivity contribution in [1.29, 1.82) is 0 Å². The Morgan fingerprint density at radius 1 is 0.892 bits per heavy atom. The molecule has 3 amide bonds. The molecule has 11 heteroatoms. The Labute approximate surface area is 208 Å². The van der Waals surface area contributed by atoms with Crippen LogP contribution in [0.4, 0.5) is 4.79 Å². The molecular weight excluding hydrogens is 484 g/mol. The topological polar surface area (TPSA) is 152 Å². The Balaban J connectivity index is 1.34. The van der Waals surface area contributed by atoms with Gasteiger partial charge in [0.15, 0.2) is 5.60 Å². The summed E-state index contributed by atoms with van der Waals surface area (Å²) in [6.07, 6.45) is -1.02. The molecule has 186 valence electrons. The molecule has 0 radical (unpaired) electrons. The number of aromatic hydroxyl groups is 2. The maximum atomic E-state index is 13.1. The van der Waals surface area contributed by atoms with Crippen LogP contribution >= 0.6 is 0 Å². The lowest BCUT2D eigenvalue weighted by Gasteiger charge is -2.36. The molecule has 1 fully saturated rings. The molecule has 3 aliphatic heterocycles. The number of rotatable bonds is 3. The van der Waals surface area contributed by atoms with E-state index >= 15 is 0 Å². The minimum atomic E-state index is -1.39. The molecule has 1 saturated heterocycles. The average Bonchev–Trinajstić information content (AvgIpc) is 3.33. The second-order valence-electron chi connectivity index (χ2n) is 8.73. The van der Waals surface area contributed by atoms with Crippen molar-refractivity contribution >= 4 is 23.9 Å². The summed E-state index contributed by atoms with van der Waals surface area (Å²) < 4.78 is 11.9. The molecule has 3 aromatic carbocycles. The Bertz CT molecular complexity index is 1460. The number of hydrogen-bond donors (Lipinski definition) is 3. The van der Waals surface area contributed by atoms with Gasteiger partial charge in [0.05, 0.1) is 5.56 Å². The summed E-state index contributed by atoms with van der Waals surface area (Å²) in [4.78, 5) is 53.3. The summed E-state index contributed by atoms with van der Waals surface area (Å²) in [5.74, 6) is -1.38. The number of fused-ring (bicyclic) bond motifs is 6. The molecule has 6 rings (SSSR count). The molecule has 0 bridgehead atoms. The van der Waals surface area contributed by atoms with Crippen LogP contribution in [-0.4, -0.2) is 39.2 Å². The summed E-state index contributed by atoms with van der Waals surface area (Å²) in [5, 5.41) is 22.9. The highest BCUT2D eigenvalue weighted by Crippen LogP contribution is 2.57. The highest BCUT2D eigenvalue weighted by molar-refractivity contribution is 6.01. The molecule has 37 heavy (non-hydrogen) atoms. The number of benzene rings is 3. The minimum absolute atomic E-state index is 0.0165. The van der Waals surface area contributed by atoms with Gasteiger partial charge in [0.2, 0.25) is 0 Å². The first kappa shape index (κ1) is 22.4. The first-order valence-corrected chi connectivity index (χ1v) is 11.3. The van der Waals surface area contributed by atoms with Crippen molar-refractivity contribution in [2.24, 2.45) is 0 Å². The van der Waals surface area contributed by atoms with Gasteiger partial charge < -0.3 is 29.8 Å². The van der Waals surface area contributed by atoms with Gasteiger partial charge in [0.1, 0.15) is 23.0 Å².